The van der Waals surface area contributed by atoms with Crippen LogP contribution >= 0.6 is 22.6 Å². The first-order valence-electron chi connectivity index (χ1n) is 7.59. The van der Waals surface area contributed by atoms with Gasteiger partial charge in [-0.25, -0.2) is 9.78 Å². The van der Waals surface area contributed by atoms with E-state index in [9.17, 15) is 4.79 Å². The summed E-state index contributed by atoms with van der Waals surface area (Å²) >= 11 is 2.17. The van der Waals surface area contributed by atoms with Crippen molar-refractivity contribution in [3.63, 3.8) is 0 Å². The van der Waals surface area contributed by atoms with Crippen LogP contribution in [0.15, 0.2) is 18.3 Å². The highest BCUT2D eigenvalue weighted by molar-refractivity contribution is 14.1. The lowest BCUT2D eigenvalue weighted by Crippen LogP contribution is -2.17. The zero-order chi connectivity index (χ0) is 17.6. The molecular weight excluding hydrogens is 437 g/mol. The Morgan fingerprint density at radius 1 is 1.32 bits per heavy atom. The number of pyridine rings is 2. The fourth-order valence-corrected chi connectivity index (χ4v) is 3.93. The van der Waals surface area contributed by atoms with Gasteiger partial charge in [-0.3, -0.25) is 4.98 Å². The van der Waals surface area contributed by atoms with Crippen molar-refractivity contribution in [3.05, 3.63) is 33.2 Å². The zero-order valence-corrected chi connectivity index (χ0v) is 15.7. The number of halogens is 1. The minimum atomic E-state index is -0.293. The summed E-state index contributed by atoms with van der Waals surface area (Å²) in [7, 11) is 3.10. The van der Waals surface area contributed by atoms with Gasteiger partial charge in [0.25, 0.3) is 5.88 Å². The summed E-state index contributed by atoms with van der Waals surface area (Å²) in [5.41, 5.74) is 4.52. The van der Waals surface area contributed by atoms with Crippen molar-refractivity contribution in [2.75, 3.05) is 20.8 Å². The van der Waals surface area contributed by atoms with Gasteiger partial charge in [0.05, 0.1) is 41.2 Å². The first-order chi connectivity index (χ1) is 12.1. The van der Waals surface area contributed by atoms with Crippen LogP contribution in [-0.2, 0) is 11.2 Å². The van der Waals surface area contributed by atoms with E-state index in [0.29, 0.717) is 41.3 Å². The van der Waals surface area contributed by atoms with Gasteiger partial charge in [-0.15, -0.1) is 0 Å². The van der Waals surface area contributed by atoms with Gasteiger partial charge in [0.1, 0.15) is 5.52 Å². The molecule has 0 unspecified atom stereocenters. The van der Waals surface area contributed by atoms with Gasteiger partial charge in [-0.1, -0.05) is 0 Å². The maximum Gasteiger partial charge on any atom is 0.341 e. The van der Waals surface area contributed by atoms with E-state index in [-0.39, 0.29) is 5.97 Å². The number of fused-ring (bicyclic) bond motifs is 2. The predicted octanol–water partition coefficient (Wildman–Crippen LogP) is 2.96. The molecule has 0 saturated carbocycles. The Morgan fingerprint density at radius 3 is 2.88 bits per heavy atom. The van der Waals surface area contributed by atoms with Crippen LogP contribution in [0.2, 0.25) is 0 Å². The second-order valence-corrected chi connectivity index (χ2v) is 6.56. The SMILES string of the molecule is COc1cc2nccc(-c3[nH]c4c(c3I)C(=O)OCC4)c2nc1OC. The van der Waals surface area contributed by atoms with Crippen molar-refractivity contribution >= 4 is 39.6 Å². The molecule has 3 aromatic rings. The second-order valence-electron chi connectivity index (χ2n) is 5.48. The molecule has 8 heteroatoms. The third kappa shape index (κ3) is 2.51. The van der Waals surface area contributed by atoms with E-state index in [1.807, 2.05) is 6.07 Å². The quantitative estimate of drug-likeness (QED) is 0.487. The first-order valence-corrected chi connectivity index (χ1v) is 8.67. The Labute approximate surface area is 156 Å². The molecule has 1 N–H and O–H groups in total. The average molecular weight is 451 g/mol. The topological polar surface area (TPSA) is 86.3 Å². The maximum atomic E-state index is 12.1. The molecule has 7 nitrogen and oxygen atoms in total. The Bertz CT molecular complexity index is 999. The van der Waals surface area contributed by atoms with E-state index < -0.39 is 0 Å². The smallest absolute Gasteiger partial charge is 0.341 e. The molecule has 0 aliphatic carbocycles. The van der Waals surface area contributed by atoms with E-state index in [1.165, 1.54) is 0 Å². The molecule has 3 aromatic heterocycles. The monoisotopic (exact) mass is 451 g/mol. The summed E-state index contributed by atoms with van der Waals surface area (Å²) in [6, 6.07) is 3.65. The van der Waals surface area contributed by atoms with E-state index >= 15 is 0 Å². The number of methoxy groups -OCH3 is 2. The van der Waals surface area contributed by atoms with Crippen LogP contribution in [0.25, 0.3) is 22.3 Å². The predicted molar refractivity (Wildman–Crippen MR) is 99.1 cm³/mol. The number of H-pyrrole nitrogens is 1. The molecule has 0 bridgehead atoms. The van der Waals surface area contributed by atoms with Gasteiger partial charge in [-0.05, 0) is 28.7 Å². The highest BCUT2D eigenvalue weighted by Gasteiger charge is 2.28. The molecule has 4 heterocycles. The normalized spacial score (nSPS) is 13.5. The largest absolute Gasteiger partial charge is 0.491 e. The maximum absolute atomic E-state index is 12.1. The van der Waals surface area contributed by atoms with Crippen LogP contribution in [-0.4, -0.2) is 41.7 Å². The number of hydrogen-bond donors (Lipinski definition) is 1. The van der Waals surface area contributed by atoms with Crippen LogP contribution in [0.4, 0.5) is 0 Å². The molecule has 25 heavy (non-hydrogen) atoms. The molecule has 0 fully saturated rings. The van der Waals surface area contributed by atoms with E-state index in [4.69, 9.17) is 14.2 Å². The summed E-state index contributed by atoms with van der Waals surface area (Å²) in [5, 5.41) is 0. The Kier molecular flexibility index (Phi) is 3.98. The van der Waals surface area contributed by atoms with E-state index in [2.05, 4.69) is 37.5 Å². The average Bonchev–Trinajstić information content (AvgIpc) is 2.97. The first kappa shape index (κ1) is 16.1. The Balaban J connectivity index is 1.97. The molecular formula is C17H14IN3O4. The standard InChI is InChI=1S/C17H14IN3O4/c1-23-11-7-10-14(21-16(11)24-2)8(3-5-19-10)15-13(18)12-9(20-15)4-6-25-17(12)22/h3,5,7,20H,4,6H2,1-2H3. The molecule has 0 amide bonds. The molecule has 128 valence electrons. The van der Waals surface area contributed by atoms with Crippen molar-refractivity contribution in [2.24, 2.45) is 0 Å². The van der Waals surface area contributed by atoms with E-state index in [0.717, 1.165) is 20.5 Å². The number of aromatic nitrogens is 3. The summed E-state index contributed by atoms with van der Waals surface area (Å²) in [4.78, 5) is 24.4. The van der Waals surface area contributed by atoms with Crippen molar-refractivity contribution in [1.82, 2.24) is 15.0 Å². The number of carbonyl (C=O) groups is 1. The fourth-order valence-electron chi connectivity index (χ4n) is 2.96. The van der Waals surface area contributed by atoms with Crippen molar-refractivity contribution in [2.45, 2.75) is 6.42 Å². The number of esters is 1. The fraction of sp³-hybridized carbons (Fsp3) is 0.235. The lowest BCUT2D eigenvalue weighted by molar-refractivity contribution is 0.0478. The molecule has 0 radical (unpaired) electrons. The summed E-state index contributed by atoms with van der Waals surface area (Å²) < 4.78 is 16.6. The van der Waals surface area contributed by atoms with Crippen molar-refractivity contribution in [1.29, 1.82) is 0 Å². The van der Waals surface area contributed by atoms with Crippen LogP contribution < -0.4 is 9.47 Å². The Morgan fingerprint density at radius 2 is 2.16 bits per heavy atom. The number of nitrogens with one attached hydrogen (secondary N) is 1. The zero-order valence-electron chi connectivity index (χ0n) is 13.6. The third-order valence-electron chi connectivity index (χ3n) is 4.13. The minimum Gasteiger partial charge on any atom is -0.491 e. The lowest BCUT2D eigenvalue weighted by atomic mass is 10.1. The van der Waals surface area contributed by atoms with Crippen molar-refractivity contribution in [3.8, 4) is 22.9 Å². The number of ether oxygens (including phenoxy) is 3. The highest BCUT2D eigenvalue weighted by atomic mass is 127. The van der Waals surface area contributed by atoms with E-state index in [1.54, 1.807) is 26.5 Å². The molecule has 1 aliphatic heterocycles. The van der Waals surface area contributed by atoms with Gasteiger partial charge in [0.2, 0.25) is 0 Å². The molecule has 4 rings (SSSR count). The molecule has 0 aromatic carbocycles. The van der Waals surface area contributed by atoms with Gasteiger partial charge >= 0.3 is 5.97 Å². The van der Waals surface area contributed by atoms with Gasteiger partial charge in [0.15, 0.2) is 5.75 Å². The minimum absolute atomic E-state index is 0.293. The van der Waals surface area contributed by atoms with Crippen LogP contribution in [0.3, 0.4) is 0 Å². The Hall–Kier alpha value is -2.36. The number of carbonyl (C=O) groups excluding carboxylic acids is 1. The number of nitrogens with zero attached hydrogens (tertiary/aromatic N) is 2. The molecule has 1 aliphatic rings. The van der Waals surface area contributed by atoms with Crippen LogP contribution in [0.5, 0.6) is 11.6 Å². The summed E-state index contributed by atoms with van der Waals surface area (Å²) in [6.07, 6.45) is 2.38. The van der Waals surface area contributed by atoms with Gasteiger partial charge in [-0.2, -0.15) is 0 Å². The third-order valence-corrected chi connectivity index (χ3v) is 5.21. The summed E-state index contributed by atoms with van der Waals surface area (Å²) in [6.45, 7) is 0.391. The molecule has 0 spiro atoms. The molecule has 0 atom stereocenters. The van der Waals surface area contributed by atoms with Crippen LogP contribution in [0.1, 0.15) is 16.1 Å². The lowest BCUT2D eigenvalue weighted by Gasteiger charge is -2.11. The number of aromatic amines is 1. The number of rotatable bonds is 3. The summed E-state index contributed by atoms with van der Waals surface area (Å²) in [5.74, 6) is 0.609. The number of hydrogen-bond acceptors (Lipinski definition) is 6. The highest BCUT2D eigenvalue weighted by Crippen LogP contribution is 2.37. The second kappa shape index (κ2) is 6.17. The van der Waals surface area contributed by atoms with Gasteiger partial charge in [0, 0.05) is 29.9 Å². The molecule has 0 saturated heterocycles. The van der Waals surface area contributed by atoms with Crippen LogP contribution in [0, 0.1) is 3.57 Å². The van der Waals surface area contributed by atoms with Crippen molar-refractivity contribution < 1.29 is 19.0 Å². The van der Waals surface area contributed by atoms with Gasteiger partial charge < -0.3 is 19.2 Å². The number of cyclic esters (lactones) is 1.